The number of phenolic OH excluding ortho intramolecular Hbond substituents is 1. The summed E-state index contributed by atoms with van der Waals surface area (Å²) in [7, 11) is -1.15. The Hall–Kier alpha value is -1.41. The number of ether oxygens (including phenoxy) is 1. The lowest BCUT2D eigenvalue weighted by molar-refractivity contribution is -0.274. The fourth-order valence-electron chi connectivity index (χ4n) is 2.15. The van der Waals surface area contributed by atoms with Crippen molar-refractivity contribution >= 4 is 12.6 Å². The van der Waals surface area contributed by atoms with Gasteiger partial charge in [0.15, 0.2) is 0 Å². The monoisotopic (exact) mass is 318 g/mol. The van der Waals surface area contributed by atoms with Gasteiger partial charge in [-0.1, -0.05) is 0 Å². The standard InChI is InChI=1S/C14H18BF3O4/c1-8-6-9(19)11(10(7-8)20-14(16,17)18)15-21-12(2,3)13(4,5)22-15/h6-7,19H,1-5H3. The zero-order valence-corrected chi connectivity index (χ0v) is 13.0. The molecule has 22 heavy (non-hydrogen) atoms. The molecule has 0 aliphatic carbocycles. The Morgan fingerprint density at radius 3 is 2.05 bits per heavy atom. The minimum Gasteiger partial charge on any atom is -0.508 e. The van der Waals surface area contributed by atoms with Gasteiger partial charge in [0.1, 0.15) is 11.5 Å². The van der Waals surface area contributed by atoms with Crippen molar-refractivity contribution in [1.29, 1.82) is 0 Å². The molecule has 1 fully saturated rings. The van der Waals surface area contributed by atoms with Crippen molar-refractivity contribution in [2.75, 3.05) is 0 Å². The van der Waals surface area contributed by atoms with E-state index in [9.17, 15) is 18.3 Å². The first-order chi connectivity index (χ1) is 9.82. The molecule has 1 heterocycles. The summed E-state index contributed by atoms with van der Waals surface area (Å²) >= 11 is 0. The average Bonchev–Trinajstić information content (AvgIpc) is 2.43. The molecule has 0 aromatic heterocycles. The normalized spacial score (nSPS) is 20.3. The molecule has 0 atom stereocenters. The lowest BCUT2D eigenvalue weighted by atomic mass is 9.77. The second-order valence-corrected chi connectivity index (χ2v) is 6.33. The third-order valence-corrected chi connectivity index (χ3v) is 3.98. The van der Waals surface area contributed by atoms with Gasteiger partial charge in [-0.2, -0.15) is 0 Å². The number of rotatable bonds is 2. The Bertz CT molecular complexity index is 568. The molecular formula is C14H18BF3O4. The molecule has 1 N–H and O–H groups in total. The summed E-state index contributed by atoms with van der Waals surface area (Å²) in [5.41, 5.74) is -1.23. The van der Waals surface area contributed by atoms with Gasteiger partial charge in [-0.15, -0.1) is 13.2 Å². The number of hydrogen-bond acceptors (Lipinski definition) is 4. The van der Waals surface area contributed by atoms with Crippen molar-refractivity contribution in [1.82, 2.24) is 0 Å². The van der Waals surface area contributed by atoms with E-state index in [-0.39, 0.29) is 11.2 Å². The molecule has 8 heteroatoms. The van der Waals surface area contributed by atoms with Gasteiger partial charge in [0, 0.05) is 0 Å². The summed E-state index contributed by atoms with van der Waals surface area (Å²) in [5, 5.41) is 10.1. The Labute approximate surface area is 127 Å². The summed E-state index contributed by atoms with van der Waals surface area (Å²) in [4.78, 5) is 0. The van der Waals surface area contributed by atoms with Crippen molar-refractivity contribution in [2.24, 2.45) is 0 Å². The smallest absolute Gasteiger partial charge is 0.508 e. The highest BCUT2D eigenvalue weighted by Gasteiger charge is 2.53. The Morgan fingerprint density at radius 1 is 1.09 bits per heavy atom. The Kier molecular flexibility index (Phi) is 3.90. The van der Waals surface area contributed by atoms with Gasteiger partial charge in [0.05, 0.1) is 16.7 Å². The van der Waals surface area contributed by atoms with Crippen LogP contribution in [0.2, 0.25) is 0 Å². The van der Waals surface area contributed by atoms with Gasteiger partial charge in [-0.3, -0.25) is 0 Å². The van der Waals surface area contributed by atoms with Crippen LogP contribution in [-0.4, -0.2) is 29.8 Å². The number of aromatic hydroxyl groups is 1. The molecule has 0 unspecified atom stereocenters. The largest absolute Gasteiger partial charge is 0.573 e. The number of alkyl halides is 3. The molecule has 4 nitrogen and oxygen atoms in total. The van der Waals surface area contributed by atoms with E-state index in [0.717, 1.165) is 0 Å². The van der Waals surface area contributed by atoms with Crippen LogP contribution >= 0.6 is 0 Å². The first kappa shape index (κ1) is 17.0. The molecule has 1 aromatic rings. The number of phenols is 1. The molecule has 0 saturated carbocycles. The van der Waals surface area contributed by atoms with Gasteiger partial charge in [-0.25, -0.2) is 0 Å². The van der Waals surface area contributed by atoms with E-state index in [4.69, 9.17) is 9.31 Å². The number of aryl methyl sites for hydroxylation is 1. The van der Waals surface area contributed by atoms with Gasteiger partial charge in [-0.05, 0) is 52.3 Å². The van der Waals surface area contributed by atoms with Gasteiger partial charge < -0.3 is 19.2 Å². The third kappa shape index (κ3) is 3.17. The van der Waals surface area contributed by atoms with Crippen molar-refractivity contribution in [3.05, 3.63) is 17.7 Å². The highest BCUT2D eigenvalue weighted by atomic mass is 19.4. The second kappa shape index (κ2) is 5.06. The molecule has 0 bridgehead atoms. The second-order valence-electron chi connectivity index (χ2n) is 6.33. The van der Waals surface area contributed by atoms with E-state index in [1.165, 1.54) is 12.1 Å². The molecule has 122 valence electrons. The van der Waals surface area contributed by atoms with Crippen LogP contribution in [0.5, 0.6) is 11.5 Å². The quantitative estimate of drug-likeness (QED) is 0.852. The maximum atomic E-state index is 12.6. The first-order valence-corrected chi connectivity index (χ1v) is 6.77. The van der Waals surface area contributed by atoms with Crippen LogP contribution in [0.15, 0.2) is 12.1 Å². The first-order valence-electron chi connectivity index (χ1n) is 6.77. The van der Waals surface area contributed by atoms with Crippen molar-refractivity contribution < 1.29 is 32.3 Å². The molecule has 1 aliphatic heterocycles. The minimum absolute atomic E-state index is 0.165. The van der Waals surface area contributed by atoms with Crippen molar-refractivity contribution in [3.63, 3.8) is 0 Å². The molecule has 2 rings (SSSR count). The van der Waals surface area contributed by atoms with Crippen molar-refractivity contribution in [3.8, 4) is 11.5 Å². The Balaban J connectivity index is 2.47. The molecule has 1 aromatic carbocycles. The molecule has 0 spiro atoms. The molecule has 1 saturated heterocycles. The number of halogens is 3. The average molecular weight is 318 g/mol. The summed E-state index contributed by atoms with van der Waals surface area (Å²) in [6.07, 6.45) is -4.88. The lowest BCUT2D eigenvalue weighted by Crippen LogP contribution is -2.41. The predicted molar refractivity (Wildman–Crippen MR) is 75.2 cm³/mol. The van der Waals surface area contributed by atoms with Gasteiger partial charge in [0.25, 0.3) is 0 Å². The molecular weight excluding hydrogens is 300 g/mol. The fourth-order valence-corrected chi connectivity index (χ4v) is 2.15. The highest BCUT2D eigenvalue weighted by Crippen LogP contribution is 2.38. The fraction of sp³-hybridized carbons (Fsp3) is 0.571. The SMILES string of the molecule is Cc1cc(O)c(B2OC(C)(C)C(C)(C)O2)c(OC(F)(F)F)c1. The van der Waals surface area contributed by atoms with Crippen LogP contribution in [0.1, 0.15) is 33.3 Å². The zero-order valence-electron chi connectivity index (χ0n) is 13.0. The summed E-state index contributed by atoms with van der Waals surface area (Å²) in [5.74, 6) is -0.888. The van der Waals surface area contributed by atoms with Crippen LogP contribution in [0.4, 0.5) is 13.2 Å². The van der Waals surface area contributed by atoms with Crippen LogP contribution in [0.3, 0.4) is 0 Å². The maximum absolute atomic E-state index is 12.6. The van der Waals surface area contributed by atoms with Gasteiger partial charge >= 0.3 is 13.5 Å². The van der Waals surface area contributed by atoms with E-state index < -0.39 is 30.4 Å². The van der Waals surface area contributed by atoms with Crippen LogP contribution in [0, 0.1) is 6.92 Å². The summed E-state index contributed by atoms with van der Waals surface area (Å²) in [6, 6.07) is 2.52. The van der Waals surface area contributed by atoms with E-state index in [1.807, 2.05) is 0 Å². The van der Waals surface area contributed by atoms with E-state index >= 15 is 0 Å². The molecule has 0 radical (unpaired) electrons. The molecule has 1 aliphatic rings. The van der Waals surface area contributed by atoms with Crippen molar-refractivity contribution in [2.45, 2.75) is 52.2 Å². The van der Waals surface area contributed by atoms with E-state index in [0.29, 0.717) is 5.56 Å². The number of hydrogen-bond donors (Lipinski definition) is 1. The summed E-state index contributed by atoms with van der Waals surface area (Å²) in [6.45, 7) is 8.62. The molecule has 0 amide bonds. The van der Waals surface area contributed by atoms with Gasteiger partial charge in [0.2, 0.25) is 0 Å². The highest BCUT2D eigenvalue weighted by molar-refractivity contribution is 6.64. The van der Waals surface area contributed by atoms with E-state index in [1.54, 1.807) is 34.6 Å². The maximum Gasteiger partial charge on any atom is 0.573 e. The third-order valence-electron chi connectivity index (χ3n) is 3.98. The number of benzene rings is 1. The van der Waals surface area contributed by atoms with Crippen LogP contribution < -0.4 is 10.2 Å². The Morgan fingerprint density at radius 2 is 1.59 bits per heavy atom. The van der Waals surface area contributed by atoms with Crippen LogP contribution in [0.25, 0.3) is 0 Å². The minimum atomic E-state index is -4.88. The lowest BCUT2D eigenvalue weighted by Gasteiger charge is -2.32. The zero-order chi connectivity index (χ0) is 16.9. The predicted octanol–water partition coefficient (Wildman–Crippen LogP) is 2.90. The van der Waals surface area contributed by atoms with Crippen LogP contribution in [-0.2, 0) is 9.31 Å². The van der Waals surface area contributed by atoms with E-state index in [2.05, 4.69) is 4.74 Å². The summed E-state index contributed by atoms with van der Waals surface area (Å²) < 4.78 is 53.2. The topological polar surface area (TPSA) is 47.9 Å².